The Morgan fingerprint density at radius 2 is 1.89 bits per heavy atom. The van der Waals surface area contributed by atoms with Crippen LogP contribution in [0.3, 0.4) is 0 Å². The second-order valence-corrected chi connectivity index (χ2v) is 5.76. The van der Waals surface area contributed by atoms with Gasteiger partial charge in [0.15, 0.2) is 0 Å². The molecule has 3 aliphatic heterocycles. The van der Waals surface area contributed by atoms with E-state index in [0.29, 0.717) is 0 Å². The average molecular weight is 270 g/mol. The predicted octanol–water partition coefficient (Wildman–Crippen LogP) is 1.43. The molecule has 5 nitrogen and oxygen atoms in total. The van der Waals surface area contributed by atoms with Crippen LogP contribution < -0.4 is 0 Å². The van der Waals surface area contributed by atoms with E-state index in [1.165, 1.54) is 6.92 Å². The van der Waals surface area contributed by atoms with Gasteiger partial charge >= 0.3 is 5.97 Å². The summed E-state index contributed by atoms with van der Waals surface area (Å²) in [4.78, 5) is 11.1. The number of hydrogen-bond donors (Lipinski definition) is 0. The Kier molecular flexibility index (Phi) is 3.78. The van der Waals surface area contributed by atoms with Gasteiger partial charge in [0.05, 0.1) is 30.5 Å². The van der Waals surface area contributed by atoms with Gasteiger partial charge in [-0.05, 0) is 19.8 Å². The first kappa shape index (κ1) is 13.3. The van der Waals surface area contributed by atoms with E-state index in [1.54, 1.807) is 0 Å². The van der Waals surface area contributed by atoms with Crippen molar-refractivity contribution in [1.82, 2.24) is 0 Å². The summed E-state index contributed by atoms with van der Waals surface area (Å²) in [5.74, 6) is -0.256. The highest BCUT2D eigenvalue weighted by atomic mass is 16.6. The molecule has 0 N–H and O–H groups in total. The highest BCUT2D eigenvalue weighted by Gasteiger charge is 2.46. The van der Waals surface area contributed by atoms with Crippen LogP contribution in [0.2, 0.25) is 0 Å². The molecule has 3 fully saturated rings. The molecule has 1 unspecified atom stereocenters. The van der Waals surface area contributed by atoms with Crippen molar-refractivity contribution < 1.29 is 23.7 Å². The van der Waals surface area contributed by atoms with Crippen molar-refractivity contribution in [3.63, 3.8) is 0 Å². The van der Waals surface area contributed by atoms with Crippen LogP contribution in [-0.2, 0) is 23.7 Å². The topological polar surface area (TPSA) is 54.0 Å². The fraction of sp³-hybridized carbons (Fsp3) is 0.929. The fourth-order valence-electron chi connectivity index (χ4n) is 3.37. The maximum absolute atomic E-state index is 11.1. The zero-order chi connectivity index (χ0) is 13.4. The SMILES string of the molecule is CC(=O)O[C@@H]1C[C@@H]2O[C@@H]3CCCO[C@H]3C[C@H]2OC1C. The van der Waals surface area contributed by atoms with Gasteiger partial charge in [0, 0.05) is 26.4 Å². The quantitative estimate of drug-likeness (QED) is 0.675. The molecule has 6 atom stereocenters. The maximum Gasteiger partial charge on any atom is 0.302 e. The number of carbonyl (C=O) groups is 1. The Morgan fingerprint density at radius 1 is 1.11 bits per heavy atom. The van der Waals surface area contributed by atoms with Crippen molar-refractivity contribution >= 4 is 5.97 Å². The number of carbonyl (C=O) groups excluding carboxylic acids is 1. The molecule has 5 heteroatoms. The van der Waals surface area contributed by atoms with E-state index >= 15 is 0 Å². The van der Waals surface area contributed by atoms with Crippen LogP contribution in [0.4, 0.5) is 0 Å². The number of ether oxygens (including phenoxy) is 4. The zero-order valence-electron chi connectivity index (χ0n) is 11.5. The highest BCUT2D eigenvalue weighted by molar-refractivity contribution is 5.66. The molecule has 0 radical (unpaired) electrons. The predicted molar refractivity (Wildman–Crippen MR) is 66.8 cm³/mol. The lowest BCUT2D eigenvalue weighted by Crippen LogP contribution is -2.57. The van der Waals surface area contributed by atoms with E-state index in [1.807, 2.05) is 6.92 Å². The third kappa shape index (κ3) is 2.78. The summed E-state index contributed by atoms with van der Waals surface area (Å²) in [5, 5.41) is 0. The molecule has 0 aromatic rings. The van der Waals surface area contributed by atoms with Crippen molar-refractivity contribution in [3.8, 4) is 0 Å². The van der Waals surface area contributed by atoms with Crippen molar-refractivity contribution in [2.45, 2.75) is 76.2 Å². The van der Waals surface area contributed by atoms with Crippen LogP contribution in [-0.4, -0.2) is 49.2 Å². The van der Waals surface area contributed by atoms with Gasteiger partial charge in [-0.25, -0.2) is 0 Å². The van der Waals surface area contributed by atoms with Crippen LogP contribution in [0.5, 0.6) is 0 Å². The van der Waals surface area contributed by atoms with Gasteiger partial charge in [0.25, 0.3) is 0 Å². The van der Waals surface area contributed by atoms with Crippen LogP contribution in [0.1, 0.15) is 39.5 Å². The molecule has 108 valence electrons. The first-order valence-electron chi connectivity index (χ1n) is 7.23. The summed E-state index contributed by atoms with van der Waals surface area (Å²) in [6, 6.07) is 0. The van der Waals surface area contributed by atoms with E-state index in [2.05, 4.69) is 0 Å². The first-order valence-corrected chi connectivity index (χ1v) is 7.23. The average Bonchev–Trinajstić information content (AvgIpc) is 2.37. The summed E-state index contributed by atoms with van der Waals surface area (Å²) in [6.07, 6.45) is 3.93. The second-order valence-electron chi connectivity index (χ2n) is 5.76. The van der Waals surface area contributed by atoms with Gasteiger partial charge < -0.3 is 18.9 Å². The molecule has 3 aliphatic rings. The van der Waals surface area contributed by atoms with Gasteiger partial charge in [-0.15, -0.1) is 0 Å². The van der Waals surface area contributed by atoms with Gasteiger partial charge in [0.1, 0.15) is 6.10 Å². The molecule has 3 saturated heterocycles. The molecular formula is C14H22O5. The molecular weight excluding hydrogens is 248 g/mol. The number of rotatable bonds is 1. The van der Waals surface area contributed by atoms with Gasteiger partial charge in [0.2, 0.25) is 0 Å². The van der Waals surface area contributed by atoms with Crippen LogP contribution in [0, 0.1) is 0 Å². The van der Waals surface area contributed by atoms with Crippen molar-refractivity contribution in [2.24, 2.45) is 0 Å². The largest absolute Gasteiger partial charge is 0.460 e. The lowest BCUT2D eigenvalue weighted by molar-refractivity contribution is -0.258. The Balaban J connectivity index is 1.65. The molecule has 0 spiro atoms. The van der Waals surface area contributed by atoms with Crippen LogP contribution >= 0.6 is 0 Å². The molecule has 0 bridgehead atoms. The summed E-state index contributed by atoms with van der Waals surface area (Å²) >= 11 is 0. The Labute approximate surface area is 113 Å². The third-order valence-corrected chi connectivity index (χ3v) is 4.30. The number of esters is 1. The van der Waals surface area contributed by atoms with E-state index < -0.39 is 0 Å². The van der Waals surface area contributed by atoms with E-state index in [9.17, 15) is 4.79 Å². The lowest BCUT2D eigenvalue weighted by atomic mass is 9.88. The molecule has 0 aliphatic carbocycles. The molecule has 0 aromatic heterocycles. The van der Waals surface area contributed by atoms with Gasteiger partial charge in [-0.2, -0.15) is 0 Å². The summed E-state index contributed by atoms with van der Waals surface area (Å²) in [7, 11) is 0. The summed E-state index contributed by atoms with van der Waals surface area (Å²) in [5.41, 5.74) is 0. The standard InChI is InChI=1S/C14H22O5/c1-8-11(18-9(2)15)6-14-13(17-8)7-12-10(19-14)4-3-5-16-12/h8,10-14H,3-7H2,1-2H3/t8?,10-,11-,12+,13-,14+/m1/s1. The Bertz CT molecular complexity index is 345. The van der Waals surface area contributed by atoms with Crippen molar-refractivity contribution in [3.05, 3.63) is 0 Å². The smallest absolute Gasteiger partial charge is 0.302 e. The minimum atomic E-state index is -0.256. The van der Waals surface area contributed by atoms with Gasteiger partial charge in [-0.3, -0.25) is 4.79 Å². The first-order chi connectivity index (χ1) is 9.13. The zero-order valence-corrected chi connectivity index (χ0v) is 11.5. The Morgan fingerprint density at radius 3 is 2.68 bits per heavy atom. The summed E-state index contributed by atoms with van der Waals surface area (Å²) < 4.78 is 23.2. The third-order valence-electron chi connectivity index (χ3n) is 4.30. The number of hydrogen-bond acceptors (Lipinski definition) is 5. The minimum absolute atomic E-state index is 0.0310. The highest BCUT2D eigenvalue weighted by Crippen LogP contribution is 2.36. The van der Waals surface area contributed by atoms with Crippen LogP contribution in [0.15, 0.2) is 0 Å². The fourth-order valence-corrected chi connectivity index (χ4v) is 3.37. The molecule has 0 amide bonds. The van der Waals surface area contributed by atoms with Gasteiger partial charge in [-0.1, -0.05) is 0 Å². The van der Waals surface area contributed by atoms with E-state index in [-0.39, 0.29) is 42.6 Å². The summed E-state index contributed by atoms with van der Waals surface area (Å²) in [6.45, 7) is 4.22. The normalized spacial score (nSPS) is 46.0. The van der Waals surface area contributed by atoms with Crippen molar-refractivity contribution in [1.29, 1.82) is 0 Å². The van der Waals surface area contributed by atoms with E-state index in [4.69, 9.17) is 18.9 Å². The molecule has 0 aromatic carbocycles. The Hall–Kier alpha value is -0.650. The minimum Gasteiger partial charge on any atom is -0.460 e. The molecule has 3 heterocycles. The van der Waals surface area contributed by atoms with Crippen LogP contribution in [0.25, 0.3) is 0 Å². The monoisotopic (exact) mass is 270 g/mol. The van der Waals surface area contributed by atoms with E-state index in [0.717, 1.165) is 32.3 Å². The lowest BCUT2D eigenvalue weighted by Gasteiger charge is -2.48. The second kappa shape index (κ2) is 5.38. The maximum atomic E-state index is 11.1. The molecule has 3 rings (SSSR count). The molecule has 0 saturated carbocycles. The molecule has 19 heavy (non-hydrogen) atoms. The van der Waals surface area contributed by atoms with Crippen molar-refractivity contribution in [2.75, 3.05) is 6.61 Å². The number of fused-ring (bicyclic) bond motifs is 2.